The SMILES string of the molecule is CN(C(=O)c1c(F)cccc1Cl)c1[c-]cc(-c2cc(C=O)ccc2Cl)cn1.[CH2-][C@]1(P)C[CH-]CO1.[K+]. The monoisotopic (exact) mass is 556 g/mol. The zero-order valence-corrected chi connectivity index (χ0v) is 25.0. The van der Waals surface area contributed by atoms with E-state index in [1.165, 1.54) is 25.4 Å². The summed E-state index contributed by atoms with van der Waals surface area (Å²) in [4.78, 5) is 28.9. The molecular formula is C25H21Cl2FKN2O3P-2. The Balaban J connectivity index is 0.000000465. The summed E-state index contributed by atoms with van der Waals surface area (Å²) >= 11 is 12.1. The van der Waals surface area contributed by atoms with E-state index >= 15 is 0 Å². The average Bonchev–Trinajstić information content (AvgIpc) is 3.23. The van der Waals surface area contributed by atoms with E-state index in [1.54, 1.807) is 24.3 Å². The maximum absolute atomic E-state index is 14.0. The van der Waals surface area contributed by atoms with Gasteiger partial charge in [0.25, 0.3) is 5.91 Å². The van der Waals surface area contributed by atoms with Crippen LogP contribution in [0.15, 0.2) is 48.7 Å². The second-order valence-electron chi connectivity index (χ2n) is 7.51. The molecule has 0 radical (unpaired) electrons. The molecule has 1 aromatic heterocycles. The molecule has 4 rings (SSSR count). The predicted molar refractivity (Wildman–Crippen MR) is 136 cm³/mol. The summed E-state index contributed by atoms with van der Waals surface area (Å²) in [6.45, 7) is 4.54. The van der Waals surface area contributed by atoms with E-state index in [1.807, 2.05) is 0 Å². The Bertz CT molecular complexity index is 1170. The minimum Gasteiger partial charge on any atom is -0.437 e. The molecule has 1 amide bonds. The second-order valence-corrected chi connectivity index (χ2v) is 9.38. The summed E-state index contributed by atoms with van der Waals surface area (Å²) in [5.74, 6) is -1.17. The molecule has 0 saturated carbocycles. The van der Waals surface area contributed by atoms with Gasteiger partial charge in [-0.2, -0.15) is 6.42 Å². The minimum absolute atomic E-state index is 0. The molecule has 0 N–H and O–H groups in total. The van der Waals surface area contributed by atoms with E-state index in [2.05, 4.69) is 33.6 Å². The summed E-state index contributed by atoms with van der Waals surface area (Å²) in [7, 11) is 4.01. The van der Waals surface area contributed by atoms with Crippen molar-refractivity contribution in [1.82, 2.24) is 4.98 Å². The topological polar surface area (TPSA) is 59.5 Å². The average molecular weight is 557 g/mol. The van der Waals surface area contributed by atoms with Crippen molar-refractivity contribution in [3.8, 4) is 11.1 Å². The van der Waals surface area contributed by atoms with E-state index in [9.17, 15) is 14.0 Å². The number of aromatic nitrogens is 1. The Labute approximate surface area is 259 Å². The third kappa shape index (κ3) is 8.12. The fourth-order valence-corrected chi connectivity index (χ4v) is 3.80. The van der Waals surface area contributed by atoms with Gasteiger partial charge < -0.3 is 23.0 Å². The standard InChI is InChI=1S/C20H12Cl2FN2O2.C5H9OP.K/c1-25(20(27)19-16(22)3-2-4-17(19)23)18-8-6-13(10-24-18)14-9-12(11-26)5-7-15(14)21;1-5(7)3-2-4-6-5;/h2-7,9-11H,1H3;2H,1,3-4,7H2;/q-1;-2;+1/t;5-;/m.0./s1. The number of ether oxygens (including phenoxy) is 1. The van der Waals surface area contributed by atoms with E-state index in [0.717, 1.165) is 30.3 Å². The fourth-order valence-electron chi connectivity index (χ4n) is 3.07. The number of amides is 1. The molecule has 178 valence electrons. The zero-order valence-electron chi connectivity index (χ0n) is 19.2. The number of benzene rings is 2. The van der Waals surface area contributed by atoms with Crippen LogP contribution in [0.4, 0.5) is 10.2 Å². The maximum atomic E-state index is 14.0. The van der Waals surface area contributed by atoms with Crippen molar-refractivity contribution >= 4 is 50.5 Å². The van der Waals surface area contributed by atoms with Crippen LogP contribution in [0.25, 0.3) is 11.1 Å². The Morgan fingerprint density at radius 1 is 1.34 bits per heavy atom. The molecule has 1 saturated heterocycles. The van der Waals surface area contributed by atoms with Gasteiger partial charge in [-0.25, -0.2) is 16.5 Å². The maximum Gasteiger partial charge on any atom is 1.00 e. The third-order valence-electron chi connectivity index (χ3n) is 4.90. The molecule has 0 bridgehead atoms. The molecule has 1 unspecified atom stereocenters. The predicted octanol–water partition coefficient (Wildman–Crippen LogP) is 3.10. The molecule has 5 nitrogen and oxygen atoms in total. The van der Waals surface area contributed by atoms with Crippen LogP contribution >= 0.6 is 32.4 Å². The molecule has 2 aromatic carbocycles. The molecule has 0 spiro atoms. The quantitative estimate of drug-likeness (QED) is 0.214. The first-order valence-electron chi connectivity index (χ1n) is 10.1. The van der Waals surface area contributed by atoms with Crippen molar-refractivity contribution in [2.24, 2.45) is 0 Å². The van der Waals surface area contributed by atoms with Gasteiger partial charge in [-0.15, -0.1) is 14.8 Å². The molecule has 10 heteroatoms. The van der Waals surface area contributed by atoms with Crippen LogP contribution < -0.4 is 56.3 Å². The third-order valence-corrected chi connectivity index (χ3v) is 5.94. The van der Waals surface area contributed by atoms with Gasteiger partial charge in [-0.1, -0.05) is 58.9 Å². The number of carbonyl (C=O) groups excluding carboxylic acids is 2. The Kier molecular flexibility index (Phi) is 11.9. The minimum atomic E-state index is -0.714. The summed E-state index contributed by atoms with van der Waals surface area (Å²) in [6, 6.07) is 13.3. The van der Waals surface area contributed by atoms with E-state index in [4.69, 9.17) is 27.9 Å². The van der Waals surface area contributed by atoms with Crippen molar-refractivity contribution in [2.45, 2.75) is 11.8 Å². The van der Waals surface area contributed by atoms with Crippen molar-refractivity contribution in [3.05, 3.63) is 95.1 Å². The summed E-state index contributed by atoms with van der Waals surface area (Å²) in [6.07, 6.45) is 5.25. The number of nitrogens with zero attached hydrogens (tertiary/aromatic N) is 2. The van der Waals surface area contributed by atoms with Crippen LogP contribution in [0, 0.1) is 25.2 Å². The molecule has 2 heterocycles. The van der Waals surface area contributed by atoms with Gasteiger partial charge in [0.2, 0.25) is 0 Å². The van der Waals surface area contributed by atoms with Gasteiger partial charge in [-0.05, 0) is 24.4 Å². The molecule has 1 fully saturated rings. The van der Waals surface area contributed by atoms with Gasteiger partial charge in [0.1, 0.15) is 12.1 Å². The van der Waals surface area contributed by atoms with Gasteiger partial charge in [-0.3, -0.25) is 14.6 Å². The van der Waals surface area contributed by atoms with Gasteiger partial charge in [0.05, 0.1) is 10.6 Å². The Morgan fingerprint density at radius 3 is 2.60 bits per heavy atom. The van der Waals surface area contributed by atoms with Crippen LogP contribution in [-0.2, 0) is 4.74 Å². The molecule has 1 aliphatic heterocycles. The first-order valence-corrected chi connectivity index (χ1v) is 11.4. The fraction of sp³-hybridized carbons (Fsp3) is 0.160. The summed E-state index contributed by atoms with van der Waals surface area (Å²) < 4.78 is 19.1. The number of carbonyl (C=O) groups is 2. The van der Waals surface area contributed by atoms with Crippen molar-refractivity contribution in [2.75, 3.05) is 18.6 Å². The number of hydrogen-bond acceptors (Lipinski definition) is 4. The first-order chi connectivity index (χ1) is 16.1. The van der Waals surface area contributed by atoms with Gasteiger partial charge >= 0.3 is 51.4 Å². The van der Waals surface area contributed by atoms with Crippen molar-refractivity contribution < 1.29 is 70.1 Å². The molecule has 3 aromatic rings. The summed E-state index contributed by atoms with van der Waals surface area (Å²) in [5, 5.41) is 0.270. The number of pyridine rings is 1. The number of hydrogen-bond donors (Lipinski definition) is 0. The van der Waals surface area contributed by atoms with E-state index in [0.29, 0.717) is 21.7 Å². The largest absolute Gasteiger partial charge is 1.00 e. The first kappa shape index (κ1) is 30.5. The second kappa shape index (κ2) is 13.7. The number of aldehydes is 1. The smallest absolute Gasteiger partial charge is 0.437 e. The van der Waals surface area contributed by atoms with Crippen LogP contribution in [0.3, 0.4) is 0 Å². The number of halogens is 3. The molecule has 2 atom stereocenters. The van der Waals surface area contributed by atoms with Crippen LogP contribution in [0.2, 0.25) is 10.0 Å². The summed E-state index contributed by atoms with van der Waals surface area (Å²) in [5.41, 5.74) is 1.47. The van der Waals surface area contributed by atoms with E-state index < -0.39 is 11.7 Å². The van der Waals surface area contributed by atoms with Crippen LogP contribution in [0.1, 0.15) is 27.1 Å². The zero-order chi connectivity index (χ0) is 24.9. The van der Waals surface area contributed by atoms with Gasteiger partial charge in [0, 0.05) is 23.5 Å². The van der Waals surface area contributed by atoms with E-state index in [-0.39, 0.29) is 73.1 Å². The van der Waals surface area contributed by atoms with Crippen molar-refractivity contribution in [3.63, 3.8) is 0 Å². The Morgan fingerprint density at radius 2 is 2.09 bits per heavy atom. The Hall–Kier alpha value is -0.734. The molecule has 1 aliphatic rings. The molecule has 35 heavy (non-hydrogen) atoms. The molecular weight excluding hydrogens is 536 g/mol. The molecule has 0 aliphatic carbocycles. The van der Waals surface area contributed by atoms with Crippen LogP contribution in [0.5, 0.6) is 0 Å². The van der Waals surface area contributed by atoms with Crippen molar-refractivity contribution in [1.29, 1.82) is 0 Å². The van der Waals surface area contributed by atoms with Crippen LogP contribution in [-0.4, -0.2) is 36.2 Å². The number of anilines is 1. The normalized spacial score (nSPS) is 16.5. The van der Waals surface area contributed by atoms with Gasteiger partial charge in [0.15, 0.2) is 0 Å². The number of rotatable bonds is 4.